The molecule has 0 aromatic heterocycles. The van der Waals surface area contributed by atoms with Crippen LogP contribution in [0.3, 0.4) is 0 Å². The topological polar surface area (TPSA) is 49.4 Å². The number of aryl methyl sites for hydroxylation is 1. The molecule has 0 radical (unpaired) electrons. The Balaban J connectivity index is 2.08. The first-order valence-electron chi connectivity index (χ1n) is 9.33. The highest BCUT2D eigenvalue weighted by Gasteiger charge is 2.27. The molecule has 0 heterocycles. The summed E-state index contributed by atoms with van der Waals surface area (Å²) in [6.07, 6.45) is 0.557. The van der Waals surface area contributed by atoms with E-state index in [0.29, 0.717) is 23.7 Å². The van der Waals surface area contributed by atoms with Crippen molar-refractivity contribution in [3.05, 3.63) is 70.2 Å². The highest BCUT2D eigenvalue weighted by Crippen LogP contribution is 2.18. The Hall–Kier alpha value is -1.98. The quantitative estimate of drug-likeness (QED) is 0.655. The minimum Gasteiger partial charge on any atom is -0.357 e. The second kappa shape index (κ2) is 11.1. The average Bonchev–Trinajstić information content (AvgIpc) is 2.69. The van der Waals surface area contributed by atoms with Crippen molar-refractivity contribution in [3.8, 4) is 0 Å². The number of halogens is 1. The highest BCUT2D eigenvalue weighted by atomic mass is 35.5. The molecule has 0 aliphatic carbocycles. The van der Waals surface area contributed by atoms with Crippen LogP contribution >= 0.6 is 23.4 Å². The number of rotatable bonds is 9. The van der Waals surface area contributed by atoms with Gasteiger partial charge in [-0.2, -0.15) is 0 Å². The minimum absolute atomic E-state index is 0.0388. The molecule has 2 aromatic carbocycles. The van der Waals surface area contributed by atoms with Crippen LogP contribution in [-0.2, 0) is 21.9 Å². The lowest BCUT2D eigenvalue weighted by atomic mass is 10.1. The average molecular weight is 419 g/mol. The summed E-state index contributed by atoms with van der Waals surface area (Å²) >= 11 is 7.53. The summed E-state index contributed by atoms with van der Waals surface area (Å²) in [6, 6.07) is 15.2. The number of carbonyl (C=O) groups is 2. The summed E-state index contributed by atoms with van der Waals surface area (Å²) < 4.78 is 0. The summed E-state index contributed by atoms with van der Waals surface area (Å²) in [6.45, 7) is 4.36. The van der Waals surface area contributed by atoms with Crippen molar-refractivity contribution in [1.29, 1.82) is 0 Å². The van der Waals surface area contributed by atoms with Crippen LogP contribution in [0.15, 0.2) is 48.5 Å². The van der Waals surface area contributed by atoms with Gasteiger partial charge < -0.3 is 10.2 Å². The first-order valence-corrected chi connectivity index (χ1v) is 10.9. The molecule has 2 aromatic rings. The molecule has 0 saturated carbocycles. The third-order valence-electron chi connectivity index (χ3n) is 4.48. The lowest BCUT2D eigenvalue weighted by molar-refractivity contribution is -0.139. The van der Waals surface area contributed by atoms with Gasteiger partial charge in [0.1, 0.15) is 6.04 Å². The Morgan fingerprint density at radius 2 is 1.86 bits per heavy atom. The van der Waals surface area contributed by atoms with Crippen molar-refractivity contribution in [2.24, 2.45) is 0 Å². The van der Waals surface area contributed by atoms with Crippen molar-refractivity contribution < 1.29 is 9.59 Å². The Morgan fingerprint density at radius 3 is 2.46 bits per heavy atom. The molecular weight excluding hydrogens is 392 g/mol. The number of likely N-dealkylation sites (N-methyl/N-ethyl adjacent to an activating group) is 1. The van der Waals surface area contributed by atoms with Gasteiger partial charge in [0.15, 0.2) is 0 Å². The van der Waals surface area contributed by atoms with Gasteiger partial charge in [0.2, 0.25) is 11.8 Å². The predicted octanol–water partition coefficient (Wildman–Crippen LogP) is 4.44. The Kier molecular flexibility index (Phi) is 8.87. The maximum Gasteiger partial charge on any atom is 0.242 e. The van der Waals surface area contributed by atoms with Crippen LogP contribution in [0.2, 0.25) is 5.02 Å². The van der Waals surface area contributed by atoms with E-state index >= 15 is 0 Å². The summed E-state index contributed by atoms with van der Waals surface area (Å²) in [4.78, 5) is 27.0. The van der Waals surface area contributed by atoms with Crippen molar-refractivity contribution in [2.75, 3.05) is 12.8 Å². The predicted molar refractivity (Wildman–Crippen MR) is 117 cm³/mol. The minimum atomic E-state index is -0.493. The number of hydrogen-bond donors (Lipinski definition) is 1. The molecule has 28 heavy (non-hydrogen) atoms. The first kappa shape index (κ1) is 22.3. The van der Waals surface area contributed by atoms with Crippen molar-refractivity contribution in [2.45, 2.75) is 38.6 Å². The fourth-order valence-electron chi connectivity index (χ4n) is 3.01. The molecule has 1 N–H and O–H groups in total. The summed E-state index contributed by atoms with van der Waals surface area (Å²) in [5.41, 5.74) is 3.35. The number of benzene rings is 2. The van der Waals surface area contributed by atoms with E-state index in [1.165, 1.54) is 11.1 Å². The third kappa shape index (κ3) is 6.57. The van der Waals surface area contributed by atoms with Crippen molar-refractivity contribution in [3.63, 3.8) is 0 Å². The molecule has 0 spiro atoms. The zero-order valence-electron chi connectivity index (χ0n) is 16.6. The Bertz CT molecular complexity index is 795. The first-order chi connectivity index (χ1) is 13.4. The van der Waals surface area contributed by atoms with E-state index in [4.69, 9.17) is 11.6 Å². The zero-order valence-corrected chi connectivity index (χ0v) is 18.1. The lowest BCUT2D eigenvalue weighted by Crippen LogP contribution is -2.48. The standard InChI is InChI=1S/C22H27ClN2O2S/c1-4-20(22(27)24-3)25(13-17-8-10-19(23)11-9-17)21(26)15-28-14-18-7-5-6-16(2)12-18/h5-12,20H,4,13-15H2,1-3H3,(H,24,27). The second-order valence-corrected chi connectivity index (χ2v) is 8.09. The number of nitrogens with zero attached hydrogens (tertiary/aromatic N) is 1. The van der Waals surface area contributed by atoms with Gasteiger partial charge in [0.05, 0.1) is 5.75 Å². The number of hydrogen-bond acceptors (Lipinski definition) is 3. The molecule has 6 heteroatoms. The van der Waals surface area contributed by atoms with Crippen LogP contribution in [0.4, 0.5) is 0 Å². The van der Waals surface area contributed by atoms with E-state index in [0.717, 1.165) is 11.3 Å². The smallest absolute Gasteiger partial charge is 0.242 e. The normalized spacial score (nSPS) is 11.7. The molecule has 0 aliphatic heterocycles. The third-order valence-corrected chi connectivity index (χ3v) is 5.72. The molecule has 0 fully saturated rings. The fraction of sp³-hybridized carbons (Fsp3) is 0.364. The molecule has 150 valence electrons. The number of amides is 2. The van der Waals surface area contributed by atoms with Crippen LogP contribution in [0.1, 0.15) is 30.0 Å². The number of carbonyl (C=O) groups excluding carboxylic acids is 2. The van der Waals surface area contributed by atoms with E-state index in [-0.39, 0.29) is 11.8 Å². The molecule has 0 saturated heterocycles. The van der Waals surface area contributed by atoms with Gasteiger partial charge in [-0.05, 0) is 36.6 Å². The van der Waals surface area contributed by atoms with Crippen molar-refractivity contribution >= 4 is 35.2 Å². The molecule has 2 amide bonds. The molecule has 2 rings (SSSR count). The number of thioether (sulfide) groups is 1. The van der Waals surface area contributed by atoms with E-state index in [1.807, 2.05) is 25.1 Å². The van der Waals surface area contributed by atoms with E-state index in [1.54, 1.807) is 35.8 Å². The van der Waals surface area contributed by atoms with Gasteiger partial charge in [-0.3, -0.25) is 9.59 Å². The van der Waals surface area contributed by atoms with Crippen molar-refractivity contribution in [1.82, 2.24) is 10.2 Å². The van der Waals surface area contributed by atoms with Gasteiger partial charge in [-0.15, -0.1) is 11.8 Å². The molecular formula is C22H27ClN2O2S. The van der Waals surface area contributed by atoms with Gasteiger partial charge in [-0.25, -0.2) is 0 Å². The Labute approximate surface area is 176 Å². The van der Waals surface area contributed by atoms with Gasteiger partial charge >= 0.3 is 0 Å². The van der Waals surface area contributed by atoms with Crippen LogP contribution in [0, 0.1) is 6.92 Å². The molecule has 1 atom stereocenters. The number of nitrogens with one attached hydrogen (secondary N) is 1. The SMILES string of the molecule is CCC(C(=O)NC)N(Cc1ccc(Cl)cc1)C(=O)CSCc1cccc(C)c1. The van der Waals surface area contributed by atoms with Crippen LogP contribution in [-0.4, -0.2) is 35.6 Å². The van der Waals surface area contributed by atoms with E-state index in [9.17, 15) is 9.59 Å². The van der Waals surface area contributed by atoms with E-state index in [2.05, 4.69) is 30.4 Å². The van der Waals surface area contributed by atoms with E-state index < -0.39 is 6.04 Å². The zero-order chi connectivity index (χ0) is 20.5. The monoisotopic (exact) mass is 418 g/mol. The summed E-state index contributed by atoms with van der Waals surface area (Å²) in [5.74, 6) is 0.908. The maximum absolute atomic E-state index is 13.0. The Morgan fingerprint density at radius 1 is 1.14 bits per heavy atom. The largest absolute Gasteiger partial charge is 0.357 e. The second-order valence-electron chi connectivity index (χ2n) is 6.67. The lowest BCUT2D eigenvalue weighted by Gasteiger charge is -2.30. The summed E-state index contributed by atoms with van der Waals surface area (Å²) in [5, 5.41) is 3.32. The van der Waals surface area contributed by atoms with Crippen LogP contribution in [0.25, 0.3) is 0 Å². The summed E-state index contributed by atoms with van der Waals surface area (Å²) in [7, 11) is 1.60. The molecule has 4 nitrogen and oxygen atoms in total. The van der Waals surface area contributed by atoms with Gasteiger partial charge in [0, 0.05) is 24.4 Å². The highest BCUT2D eigenvalue weighted by molar-refractivity contribution is 7.99. The fourth-order valence-corrected chi connectivity index (χ4v) is 4.00. The maximum atomic E-state index is 13.0. The van der Waals surface area contributed by atoms with Gasteiger partial charge in [-0.1, -0.05) is 60.5 Å². The van der Waals surface area contributed by atoms with Crippen LogP contribution in [0.5, 0.6) is 0 Å². The molecule has 0 bridgehead atoms. The molecule has 1 unspecified atom stereocenters. The van der Waals surface area contributed by atoms with Gasteiger partial charge in [0.25, 0.3) is 0 Å². The molecule has 0 aliphatic rings. The van der Waals surface area contributed by atoms with Crippen LogP contribution < -0.4 is 5.32 Å².